The van der Waals surface area contributed by atoms with Gasteiger partial charge in [-0.25, -0.2) is 9.97 Å². The zero-order valence-electron chi connectivity index (χ0n) is 14.8. The van der Waals surface area contributed by atoms with E-state index >= 15 is 0 Å². The predicted molar refractivity (Wildman–Crippen MR) is 107 cm³/mol. The number of carbonyl (C=O) groups excluding carboxylic acids is 1. The Hall–Kier alpha value is -3.11. The molecule has 1 aliphatic heterocycles. The number of hydrogen-bond donors (Lipinski definition) is 2. The molecule has 0 radical (unpaired) electrons. The molecule has 0 bridgehead atoms. The smallest absolute Gasteiger partial charge is 0.231 e. The second-order valence-corrected chi connectivity index (χ2v) is 8.25. The topological polar surface area (TPSA) is 107 Å². The fraction of sp³-hybridized carbons (Fsp3) is 0.222. The molecule has 6 rings (SSSR count). The van der Waals surface area contributed by atoms with Crippen LogP contribution in [0.15, 0.2) is 24.7 Å². The highest BCUT2D eigenvalue weighted by Gasteiger charge is 2.30. The number of amides is 1. The number of fused-ring (bicyclic) bond motifs is 2. The molecule has 2 N–H and O–H groups in total. The van der Waals surface area contributed by atoms with Crippen LogP contribution in [0, 0.1) is 5.92 Å². The van der Waals surface area contributed by atoms with E-state index in [4.69, 9.17) is 21.1 Å². The summed E-state index contributed by atoms with van der Waals surface area (Å²) in [6, 6.07) is 3.56. The van der Waals surface area contributed by atoms with Crippen molar-refractivity contribution in [3.63, 3.8) is 0 Å². The number of H-pyrrole nitrogens is 1. The Morgan fingerprint density at radius 3 is 2.97 bits per heavy atom. The highest BCUT2D eigenvalue weighted by atomic mass is 35.5. The molecule has 4 aromatic rings. The van der Waals surface area contributed by atoms with Crippen LogP contribution in [0.4, 0.5) is 5.13 Å². The van der Waals surface area contributed by atoms with Crippen molar-refractivity contribution >= 4 is 44.3 Å². The maximum absolute atomic E-state index is 12.0. The van der Waals surface area contributed by atoms with Crippen molar-refractivity contribution in [2.24, 2.45) is 5.92 Å². The maximum Gasteiger partial charge on any atom is 0.231 e. The molecule has 1 saturated carbocycles. The van der Waals surface area contributed by atoms with E-state index in [9.17, 15) is 4.79 Å². The average Bonchev–Trinajstić information content (AvgIpc) is 3.02. The average molecular weight is 429 g/mol. The van der Waals surface area contributed by atoms with E-state index in [1.807, 2.05) is 10.6 Å². The summed E-state index contributed by atoms with van der Waals surface area (Å²) in [5, 5.41) is 11.3. The highest BCUT2D eigenvalue weighted by Crippen LogP contribution is 2.42. The molecule has 1 aromatic carbocycles. The molecule has 9 nitrogen and oxygen atoms in total. The van der Waals surface area contributed by atoms with E-state index in [2.05, 4.69) is 25.5 Å². The second kappa shape index (κ2) is 6.19. The van der Waals surface area contributed by atoms with Crippen molar-refractivity contribution < 1.29 is 14.3 Å². The minimum absolute atomic E-state index is 0.0198. The predicted octanol–water partition coefficient (Wildman–Crippen LogP) is 3.60. The fourth-order valence-corrected chi connectivity index (χ4v) is 4.41. The van der Waals surface area contributed by atoms with E-state index in [1.165, 1.54) is 11.3 Å². The lowest BCUT2D eigenvalue weighted by Crippen LogP contribution is -2.12. The largest absolute Gasteiger partial charge is 0.454 e. The van der Waals surface area contributed by atoms with Crippen molar-refractivity contribution in [1.82, 2.24) is 24.7 Å². The van der Waals surface area contributed by atoms with Gasteiger partial charge in [-0.1, -0.05) is 22.9 Å². The molecule has 0 saturated heterocycles. The Balaban J connectivity index is 1.41. The van der Waals surface area contributed by atoms with E-state index in [0.717, 1.165) is 28.8 Å². The van der Waals surface area contributed by atoms with Gasteiger partial charge in [0, 0.05) is 17.5 Å². The Morgan fingerprint density at radius 1 is 1.31 bits per heavy atom. The van der Waals surface area contributed by atoms with Gasteiger partial charge in [0.2, 0.25) is 12.7 Å². The molecular formula is C18H13ClN6O3S. The number of aromatic amines is 1. The van der Waals surface area contributed by atoms with Crippen LogP contribution in [0.3, 0.4) is 0 Å². The summed E-state index contributed by atoms with van der Waals surface area (Å²) in [6.45, 7) is 0.171. The standard InChI is InChI=1S/C18H13ClN6O3S/c19-10-4-13-12(27-7-28-13)3-9(10)11-5-20-6-25(11)16-14-15(23-24-16)21-18(29-14)22-17(26)8-1-2-8/h3-6,8H,1-2,7H2,(H2,21,22,23,24,26). The van der Waals surface area contributed by atoms with Gasteiger partial charge in [0.25, 0.3) is 0 Å². The van der Waals surface area contributed by atoms with Crippen molar-refractivity contribution in [3.8, 4) is 28.6 Å². The number of thiazole rings is 1. The minimum Gasteiger partial charge on any atom is -0.454 e. The van der Waals surface area contributed by atoms with E-state index in [-0.39, 0.29) is 18.6 Å². The second-order valence-electron chi connectivity index (χ2n) is 6.84. The summed E-state index contributed by atoms with van der Waals surface area (Å²) in [4.78, 5) is 20.7. The lowest BCUT2D eigenvalue weighted by atomic mass is 10.1. The van der Waals surface area contributed by atoms with Gasteiger partial charge >= 0.3 is 0 Å². The molecule has 0 unspecified atom stereocenters. The summed E-state index contributed by atoms with van der Waals surface area (Å²) >= 11 is 7.85. The number of hydrogen-bond acceptors (Lipinski definition) is 7. The number of nitrogens with one attached hydrogen (secondary N) is 2. The van der Waals surface area contributed by atoms with E-state index < -0.39 is 0 Å². The van der Waals surface area contributed by atoms with E-state index in [0.29, 0.717) is 33.1 Å². The fourth-order valence-electron chi connectivity index (χ4n) is 3.25. The summed E-state index contributed by atoms with van der Waals surface area (Å²) in [6.07, 6.45) is 5.25. The molecule has 29 heavy (non-hydrogen) atoms. The molecule has 11 heteroatoms. The molecule has 146 valence electrons. The van der Waals surface area contributed by atoms with Gasteiger partial charge in [-0.15, -0.1) is 0 Å². The first kappa shape index (κ1) is 16.8. The van der Waals surface area contributed by atoms with E-state index in [1.54, 1.807) is 18.6 Å². The van der Waals surface area contributed by atoms with Crippen LogP contribution >= 0.6 is 22.9 Å². The number of anilines is 1. The maximum atomic E-state index is 12.0. The van der Waals surface area contributed by atoms with Gasteiger partial charge in [0.05, 0.1) is 16.9 Å². The first-order valence-electron chi connectivity index (χ1n) is 8.95. The zero-order chi connectivity index (χ0) is 19.5. The number of imidazole rings is 1. The van der Waals surface area contributed by atoms with Crippen LogP contribution in [0.2, 0.25) is 5.02 Å². The first-order valence-corrected chi connectivity index (χ1v) is 10.1. The Bertz CT molecular complexity index is 1270. The minimum atomic E-state index is 0.0198. The molecule has 4 heterocycles. The van der Waals surface area contributed by atoms with Gasteiger partial charge < -0.3 is 14.8 Å². The summed E-state index contributed by atoms with van der Waals surface area (Å²) < 4.78 is 13.5. The third kappa shape index (κ3) is 2.75. The molecule has 1 fully saturated rings. The van der Waals surface area contributed by atoms with Gasteiger partial charge in [0.1, 0.15) is 11.0 Å². The number of nitrogens with zero attached hydrogens (tertiary/aromatic N) is 4. The molecule has 3 aromatic heterocycles. The Kier molecular flexibility index (Phi) is 3.59. The van der Waals surface area contributed by atoms with Crippen molar-refractivity contribution in [2.45, 2.75) is 12.8 Å². The molecule has 1 amide bonds. The molecule has 1 aliphatic carbocycles. The van der Waals surface area contributed by atoms with Gasteiger partial charge in [-0.3, -0.25) is 14.5 Å². The van der Waals surface area contributed by atoms with Gasteiger partial charge in [-0.2, -0.15) is 5.10 Å². The number of aromatic nitrogens is 5. The molecular weight excluding hydrogens is 416 g/mol. The third-order valence-electron chi connectivity index (χ3n) is 4.88. The van der Waals surface area contributed by atoms with Crippen molar-refractivity contribution in [2.75, 3.05) is 12.1 Å². The van der Waals surface area contributed by atoms with Crippen LogP contribution in [0.1, 0.15) is 12.8 Å². The normalized spacial score (nSPS) is 15.2. The first-order chi connectivity index (χ1) is 14.2. The van der Waals surface area contributed by atoms with Crippen LogP contribution < -0.4 is 14.8 Å². The third-order valence-corrected chi connectivity index (χ3v) is 6.16. The highest BCUT2D eigenvalue weighted by molar-refractivity contribution is 7.22. The number of halogens is 1. The van der Waals surface area contributed by atoms with Crippen LogP contribution in [-0.4, -0.2) is 37.4 Å². The SMILES string of the molecule is O=C(Nc1nc2[nH]nc(-n3cncc3-c3cc4c(cc3Cl)OCO4)c2s1)C1CC1. The van der Waals surface area contributed by atoms with Gasteiger partial charge in [0.15, 0.2) is 28.1 Å². The van der Waals surface area contributed by atoms with Crippen LogP contribution in [-0.2, 0) is 4.79 Å². The number of carbonyl (C=O) groups is 1. The summed E-state index contributed by atoms with van der Waals surface area (Å²) in [7, 11) is 0. The number of benzene rings is 1. The van der Waals surface area contributed by atoms with Crippen molar-refractivity contribution in [1.29, 1.82) is 0 Å². The van der Waals surface area contributed by atoms with Crippen LogP contribution in [0.5, 0.6) is 11.5 Å². The van der Waals surface area contributed by atoms with Crippen LogP contribution in [0.25, 0.3) is 27.4 Å². The number of rotatable bonds is 4. The Morgan fingerprint density at radius 2 is 2.14 bits per heavy atom. The molecule has 0 spiro atoms. The monoisotopic (exact) mass is 428 g/mol. The van der Waals surface area contributed by atoms with Gasteiger partial charge in [-0.05, 0) is 18.9 Å². The quantitative estimate of drug-likeness (QED) is 0.514. The summed E-state index contributed by atoms with van der Waals surface area (Å²) in [5.41, 5.74) is 2.10. The lowest BCUT2D eigenvalue weighted by molar-refractivity contribution is -0.117. The Labute approximate surface area is 172 Å². The summed E-state index contributed by atoms with van der Waals surface area (Å²) in [5.74, 6) is 2.01. The van der Waals surface area contributed by atoms with Crippen molar-refractivity contribution in [3.05, 3.63) is 29.7 Å². The zero-order valence-corrected chi connectivity index (χ0v) is 16.4. The molecule has 0 atom stereocenters. The number of ether oxygens (including phenoxy) is 2. The lowest BCUT2D eigenvalue weighted by Gasteiger charge is -2.08. The molecule has 2 aliphatic rings.